The van der Waals surface area contributed by atoms with Gasteiger partial charge >= 0.3 is 7.82 Å². The zero-order valence-corrected chi connectivity index (χ0v) is 8.78. The minimum atomic E-state index is -4.64. The Hall–Kier alpha value is 2.98. The fraction of sp³-hybridized carbons (Fsp3) is 0. The number of hydrogen-bond acceptors (Lipinski definition) is 1. The van der Waals surface area contributed by atoms with Gasteiger partial charge in [-0.05, 0) is 0 Å². The van der Waals surface area contributed by atoms with Crippen LogP contribution in [0.1, 0.15) is 0 Å². The van der Waals surface area contributed by atoms with Crippen molar-refractivity contribution in [2.75, 3.05) is 0 Å². The smallest absolute Gasteiger partial charge is 0.303 e. The molecule has 0 bridgehead atoms. The van der Waals surface area contributed by atoms with Crippen molar-refractivity contribution in [3.8, 4) is 0 Å². The van der Waals surface area contributed by atoms with Crippen molar-refractivity contribution in [2.45, 2.75) is 0 Å². The van der Waals surface area contributed by atoms with Gasteiger partial charge < -0.3 is 14.7 Å². The summed E-state index contributed by atoms with van der Waals surface area (Å²) in [5.41, 5.74) is 0. The van der Waals surface area contributed by atoms with E-state index in [1.54, 1.807) is 0 Å². The van der Waals surface area contributed by atoms with Gasteiger partial charge in [-0.2, -0.15) is 0 Å². The fourth-order valence-electron chi connectivity index (χ4n) is 0. The van der Waals surface area contributed by atoms with Crippen LogP contribution in [0.15, 0.2) is 0 Å². The summed E-state index contributed by atoms with van der Waals surface area (Å²) in [5.74, 6) is 0. The van der Waals surface area contributed by atoms with Gasteiger partial charge in [0.15, 0.2) is 0 Å². The van der Waals surface area contributed by atoms with Crippen molar-refractivity contribution in [2.24, 2.45) is 0 Å². The van der Waals surface area contributed by atoms with E-state index in [0.29, 0.717) is 0 Å². The molecule has 0 fully saturated rings. The Morgan fingerprint density at radius 1 is 1.14 bits per heavy atom. The summed E-state index contributed by atoms with van der Waals surface area (Å²) in [6, 6.07) is 0. The summed E-state index contributed by atoms with van der Waals surface area (Å²) in [6.07, 6.45) is 0. The van der Waals surface area contributed by atoms with Crippen LogP contribution in [-0.4, -0.2) is 14.7 Å². The molecule has 7 heteroatoms. The number of rotatable bonds is 0. The quantitative estimate of drug-likeness (QED) is 0.447. The normalized spacial score (nSPS) is 8.43. The van der Waals surface area contributed by atoms with Crippen LogP contribution in [0.25, 0.3) is 0 Å². The Balaban J connectivity index is -0.0000000800. The zero-order valence-electron chi connectivity index (χ0n) is 2.96. The molecular formula is H3NdO4PYb. The molecule has 0 amide bonds. The van der Waals surface area contributed by atoms with Crippen LogP contribution in [0.3, 0.4) is 0 Å². The third-order valence-electron chi connectivity index (χ3n) is 0. The largest absolute Gasteiger partial charge is 0.466 e. The molecule has 0 aliphatic rings. The molecule has 4 nitrogen and oxygen atoms in total. The van der Waals surface area contributed by atoms with E-state index in [1.807, 2.05) is 0 Å². The summed E-state index contributed by atoms with van der Waals surface area (Å²) in [4.78, 5) is 21.6. The molecule has 0 spiro atoms. The van der Waals surface area contributed by atoms with Crippen LogP contribution in [0, 0.1) is 87.8 Å². The van der Waals surface area contributed by atoms with E-state index < -0.39 is 7.82 Å². The maximum Gasteiger partial charge on any atom is 0.466 e. The van der Waals surface area contributed by atoms with Gasteiger partial charge in [-0.25, -0.2) is 4.57 Å². The molecule has 0 aromatic carbocycles. The predicted octanol–water partition coefficient (Wildman–Crippen LogP) is -0.929. The van der Waals surface area contributed by atoms with Gasteiger partial charge in [0.25, 0.3) is 0 Å². The molecule has 7 heavy (non-hydrogen) atoms. The fourth-order valence-corrected chi connectivity index (χ4v) is 0. The van der Waals surface area contributed by atoms with E-state index in [0.717, 1.165) is 0 Å². The summed E-state index contributed by atoms with van der Waals surface area (Å²) in [5, 5.41) is 0. The monoisotopic (exact) mass is 414 g/mol. The van der Waals surface area contributed by atoms with Gasteiger partial charge in [-0.1, -0.05) is 0 Å². The molecule has 3 N–H and O–H groups in total. The van der Waals surface area contributed by atoms with Crippen molar-refractivity contribution >= 4 is 7.82 Å². The van der Waals surface area contributed by atoms with Crippen LogP contribution >= 0.6 is 7.82 Å². The van der Waals surface area contributed by atoms with Gasteiger partial charge in [-0.3, -0.25) is 0 Å². The number of hydrogen-bond donors (Lipinski definition) is 3. The molecule has 0 aromatic rings. The van der Waals surface area contributed by atoms with E-state index >= 15 is 0 Å². The first kappa shape index (κ1) is 16.5. The summed E-state index contributed by atoms with van der Waals surface area (Å²) < 4.78 is 8.88. The molecule has 0 atom stereocenters. The minimum Gasteiger partial charge on any atom is -0.303 e. The van der Waals surface area contributed by atoms with E-state index in [2.05, 4.69) is 0 Å². The summed E-state index contributed by atoms with van der Waals surface area (Å²) in [6.45, 7) is 0. The van der Waals surface area contributed by atoms with Crippen molar-refractivity contribution in [3.63, 3.8) is 0 Å². The molecule has 0 unspecified atom stereocenters. The zero-order chi connectivity index (χ0) is 4.50. The van der Waals surface area contributed by atoms with E-state index in [-0.39, 0.29) is 87.8 Å². The minimum absolute atomic E-state index is 0. The second kappa shape index (κ2) is 7.09. The van der Waals surface area contributed by atoms with Crippen molar-refractivity contribution < 1.29 is 107 Å². The molecule has 0 saturated carbocycles. The Morgan fingerprint density at radius 2 is 1.14 bits per heavy atom. The Morgan fingerprint density at radius 3 is 1.14 bits per heavy atom. The molecule has 50 valence electrons. The number of phosphoric acid groups is 1. The van der Waals surface area contributed by atoms with Gasteiger partial charge in [0.2, 0.25) is 0 Å². The molecule has 0 radical (unpaired) electrons. The average molecular weight is 415 g/mol. The molecule has 0 heterocycles. The first-order chi connectivity index (χ1) is 2.00. The predicted molar refractivity (Wildman–Crippen MR) is 14.3 cm³/mol. The van der Waals surface area contributed by atoms with Crippen LogP contribution in [0.5, 0.6) is 0 Å². The molecule has 0 aliphatic carbocycles. The van der Waals surface area contributed by atoms with Crippen LogP contribution in [-0.2, 0) is 4.57 Å². The van der Waals surface area contributed by atoms with E-state index in [4.69, 9.17) is 19.2 Å². The van der Waals surface area contributed by atoms with Gasteiger partial charge in [0.05, 0.1) is 0 Å². The maximum atomic E-state index is 8.88. The van der Waals surface area contributed by atoms with E-state index in [1.165, 1.54) is 0 Å². The average Bonchev–Trinajstić information content (AvgIpc) is 0.722. The Bertz CT molecular complexity index is 57.8. The molecular weight excluding hydrogens is 412 g/mol. The second-order valence-corrected chi connectivity index (χ2v) is 1.54. The Kier molecular flexibility index (Phi) is 16.7. The van der Waals surface area contributed by atoms with Crippen molar-refractivity contribution in [1.29, 1.82) is 0 Å². The van der Waals surface area contributed by atoms with Crippen LogP contribution in [0.4, 0.5) is 0 Å². The first-order valence-electron chi connectivity index (χ1n) is 0.783. The van der Waals surface area contributed by atoms with Crippen LogP contribution < -0.4 is 0 Å². The Labute approximate surface area is 112 Å². The van der Waals surface area contributed by atoms with Gasteiger partial charge in [-0.15, -0.1) is 0 Å². The maximum absolute atomic E-state index is 8.88. The molecule has 0 rings (SSSR count). The van der Waals surface area contributed by atoms with Crippen LogP contribution in [0.2, 0.25) is 0 Å². The topological polar surface area (TPSA) is 77.8 Å². The standard InChI is InChI=1S/Nd.H3O4P.Yb/c;1-5(2,3)4;/h;(H3,1,2,3,4);. The third-order valence-corrected chi connectivity index (χ3v) is 0. The van der Waals surface area contributed by atoms with Gasteiger partial charge in [0.1, 0.15) is 0 Å². The summed E-state index contributed by atoms with van der Waals surface area (Å²) >= 11 is 0. The van der Waals surface area contributed by atoms with E-state index in [9.17, 15) is 0 Å². The second-order valence-electron chi connectivity index (χ2n) is 0.513. The van der Waals surface area contributed by atoms with Gasteiger partial charge in [0, 0.05) is 87.8 Å². The van der Waals surface area contributed by atoms with Crippen molar-refractivity contribution in [3.05, 3.63) is 0 Å². The molecule has 0 saturated heterocycles. The third kappa shape index (κ3) is 49.3. The molecule has 0 aromatic heterocycles. The first-order valence-corrected chi connectivity index (χ1v) is 2.35. The van der Waals surface area contributed by atoms with Crippen molar-refractivity contribution in [1.82, 2.24) is 0 Å². The molecule has 0 aliphatic heterocycles. The summed E-state index contributed by atoms with van der Waals surface area (Å²) in [7, 11) is -4.64. The SMILES string of the molecule is O=P(O)(O)O.[Nd].[Yb].